The molecule has 1 N–H and O–H groups in total. The van der Waals surface area contributed by atoms with Gasteiger partial charge in [0.25, 0.3) is 0 Å². The van der Waals surface area contributed by atoms with Crippen molar-refractivity contribution in [2.45, 2.75) is 84.2 Å². The van der Waals surface area contributed by atoms with Gasteiger partial charge in [0.05, 0.1) is 11.8 Å². The Morgan fingerprint density at radius 2 is 1.46 bits per heavy atom. The van der Waals surface area contributed by atoms with E-state index in [0.717, 1.165) is 29.7 Å². The largest absolute Gasteiger partial charge is 0.388 e. The van der Waals surface area contributed by atoms with Gasteiger partial charge in [0.15, 0.2) is 0 Å². The number of pyridine rings is 1. The topological polar surface area (TPSA) is 33.1 Å². The fourth-order valence-electron chi connectivity index (χ4n) is 3.32. The van der Waals surface area contributed by atoms with Gasteiger partial charge in [0.2, 0.25) is 0 Å². The summed E-state index contributed by atoms with van der Waals surface area (Å²) >= 11 is 0. The Bertz CT molecular complexity index is 603. The van der Waals surface area contributed by atoms with E-state index < -0.39 is 0 Å². The van der Waals surface area contributed by atoms with E-state index in [1.165, 1.54) is 56.9 Å². The predicted octanol–water partition coefficient (Wildman–Crippen LogP) is 6.88. The summed E-state index contributed by atoms with van der Waals surface area (Å²) in [5.41, 5.74) is 4.42. The number of rotatable bonds is 12. The van der Waals surface area contributed by atoms with E-state index >= 15 is 0 Å². The molecule has 26 heavy (non-hydrogen) atoms. The van der Waals surface area contributed by atoms with Crippen molar-refractivity contribution in [3.63, 3.8) is 0 Å². The Kier molecular flexibility index (Phi) is 9.41. The highest BCUT2D eigenvalue weighted by Crippen LogP contribution is 2.22. The molecule has 2 nitrogen and oxygen atoms in total. The number of aromatic nitrogens is 1. The number of benzene rings is 1. The lowest BCUT2D eigenvalue weighted by molar-refractivity contribution is 0.173. The second kappa shape index (κ2) is 11.9. The number of aliphatic hydroxyl groups excluding tert-OH is 1. The Morgan fingerprint density at radius 1 is 0.808 bits per heavy atom. The first-order valence-electron chi connectivity index (χ1n) is 10.5. The molecule has 0 spiro atoms. The lowest BCUT2D eigenvalue weighted by Gasteiger charge is -2.09. The molecule has 1 atom stereocenters. The third kappa shape index (κ3) is 6.92. The maximum absolute atomic E-state index is 9.89. The van der Waals surface area contributed by atoms with E-state index in [9.17, 15) is 5.11 Å². The molecule has 0 aliphatic heterocycles. The Balaban J connectivity index is 1.74. The average molecular weight is 354 g/mol. The van der Waals surface area contributed by atoms with Crippen LogP contribution in [-0.4, -0.2) is 10.1 Å². The molecule has 0 aliphatic rings. The first-order chi connectivity index (χ1) is 12.7. The second-order valence-corrected chi connectivity index (χ2v) is 7.32. The van der Waals surface area contributed by atoms with Crippen LogP contribution < -0.4 is 0 Å². The number of aryl methyl sites for hydroxylation is 1. The van der Waals surface area contributed by atoms with Gasteiger partial charge in [0, 0.05) is 11.8 Å². The highest BCUT2D eigenvalue weighted by molar-refractivity contribution is 5.59. The SMILES string of the molecule is CCCCCCCCCCc1ccc(-c2ccc(C(O)CC)cc2)nc1. The van der Waals surface area contributed by atoms with Crippen LogP contribution in [0.5, 0.6) is 0 Å². The highest BCUT2D eigenvalue weighted by Gasteiger charge is 2.05. The summed E-state index contributed by atoms with van der Waals surface area (Å²) in [6, 6.07) is 12.4. The van der Waals surface area contributed by atoms with Crippen molar-refractivity contribution in [1.82, 2.24) is 4.98 Å². The van der Waals surface area contributed by atoms with Gasteiger partial charge in [-0.25, -0.2) is 0 Å². The molecule has 0 fully saturated rings. The number of unbranched alkanes of at least 4 members (excludes halogenated alkanes) is 7. The van der Waals surface area contributed by atoms with Crippen LogP contribution in [0.25, 0.3) is 11.3 Å². The Hall–Kier alpha value is -1.67. The van der Waals surface area contributed by atoms with Crippen LogP contribution in [0.3, 0.4) is 0 Å². The molecule has 2 aromatic rings. The summed E-state index contributed by atoms with van der Waals surface area (Å²) in [6.07, 6.45) is 14.4. The van der Waals surface area contributed by atoms with E-state index in [1.54, 1.807) is 0 Å². The normalized spacial score (nSPS) is 12.3. The standard InChI is InChI=1S/C24H35NO/c1-3-5-6-7-8-9-10-11-12-20-13-18-23(25-19-20)21-14-16-22(17-15-21)24(26)4-2/h13-19,24,26H,3-12H2,1-2H3. The molecule has 1 aromatic heterocycles. The third-order valence-corrected chi connectivity index (χ3v) is 5.12. The molecule has 0 amide bonds. The van der Waals surface area contributed by atoms with E-state index in [1.807, 2.05) is 25.3 Å². The van der Waals surface area contributed by atoms with E-state index in [0.29, 0.717) is 0 Å². The van der Waals surface area contributed by atoms with Crippen molar-refractivity contribution in [1.29, 1.82) is 0 Å². The molecule has 0 saturated carbocycles. The first-order valence-corrected chi connectivity index (χ1v) is 10.5. The van der Waals surface area contributed by atoms with E-state index in [-0.39, 0.29) is 6.10 Å². The maximum atomic E-state index is 9.89. The van der Waals surface area contributed by atoms with Crippen molar-refractivity contribution in [3.05, 3.63) is 53.7 Å². The molecule has 2 heteroatoms. The smallest absolute Gasteiger partial charge is 0.0787 e. The minimum Gasteiger partial charge on any atom is -0.388 e. The lowest BCUT2D eigenvalue weighted by atomic mass is 10.0. The van der Waals surface area contributed by atoms with Crippen molar-refractivity contribution >= 4 is 0 Å². The van der Waals surface area contributed by atoms with Gasteiger partial charge in [-0.3, -0.25) is 4.98 Å². The van der Waals surface area contributed by atoms with Gasteiger partial charge < -0.3 is 5.11 Å². The molecular formula is C24H35NO. The van der Waals surface area contributed by atoms with Gasteiger partial charge in [-0.1, -0.05) is 89.1 Å². The monoisotopic (exact) mass is 353 g/mol. The van der Waals surface area contributed by atoms with Crippen LogP contribution in [0.4, 0.5) is 0 Å². The van der Waals surface area contributed by atoms with Gasteiger partial charge in [0.1, 0.15) is 0 Å². The molecule has 0 radical (unpaired) electrons. The summed E-state index contributed by atoms with van der Waals surface area (Å²) in [7, 11) is 0. The summed E-state index contributed by atoms with van der Waals surface area (Å²) in [5, 5.41) is 9.89. The zero-order chi connectivity index (χ0) is 18.6. The third-order valence-electron chi connectivity index (χ3n) is 5.12. The summed E-state index contributed by atoms with van der Waals surface area (Å²) in [6.45, 7) is 4.26. The molecule has 1 unspecified atom stereocenters. The molecule has 0 aliphatic carbocycles. The maximum Gasteiger partial charge on any atom is 0.0787 e. The number of aliphatic hydroxyl groups is 1. The molecular weight excluding hydrogens is 318 g/mol. The zero-order valence-electron chi connectivity index (χ0n) is 16.6. The van der Waals surface area contributed by atoms with Gasteiger partial charge >= 0.3 is 0 Å². The zero-order valence-corrected chi connectivity index (χ0v) is 16.6. The van der Waals surface area contributed by atoms with Crippen molar-refractivity contribution in [2.24, 2.45) is 0 Å². The lowest BCUT2D eigenvalue weighted by Crippen LogP contribution is -1.95. The van der Waals surface area contributed by atoms with Crippen LogP contribution in [-0.2, 0) is 6.42 Å². The van der Waals surface area contributed by atoms with Crippen molar-refractivity contribution < 1.29 is 5.11 Å². The molecule has 0 bridgehead atoms. The highest BCUT2D eigenvalue weighted by atomic mass is 16.3. The number of hydrogen-bond acceptors (Lipinski definition) is 2. The molecule has 0 saturated heterocycles. The van der Waals surface area contributed by atoms with Gasteiger partial charge in [-0.2, -0.15) is 0 Å². The summed E-state index contributed by atoms with van der Waals surface area (Å²) in [5.74, 6) is 0. The summed E-state index contributed by atoms with van der Waals surface area (Å²) < 4.78 is 0. The van der Waals surface area contributed by atoms with Crippen LogP contribution in [0.15, 0.2) is 42.6 Å². The first kappa shape index (κ1) is 20.6. The number of nitrogens with zero attached hydrogens (tertiary/aromatic N) is 1. The van der Waals surface area contributed by atoms with E-state index in [4.69, 9.17) is 0 Å². The minimum atomic E-state index is -0.369. The van der Waals surface area contributed by atoms with Gasteiger partial charge in [-0.05, 0) is 36.5 Å². The fourth-order valence-corrected chi connectivity index (χ4v) is 3.32. The van der Waals surface area contributed by atoms with E-state index in [2.05, 4.69) is 36.2 Å². The molecule has 142 valence electrons. The minimum absolute atomic E-state index is 0.369. The van der Waals surface area contributed by atoms with Crippen molar-refractivity contribution in [3.8, 4) is 11.3 Å². The van der Waals surface area contributed by atoms with Crippen LogP contribution in [0, 0.1) is 0 Å². The molecule has 2 rings (SSSR count). The van der Waals surface area contributed by atoms with Gasteiger partial charge in [-0.15, -0.1) is 0 Å². The Labute approximate surface area is 159 Å². The molecule has 1 aromatic carbocycles. The second-order valence-electron chi connectivity index (χ2n) is 7.32. The average Bonchev–Trinajstić information content (AvgIpc) is 2.70. The predicted molar refractivity (Wildman–Crippen MR) is 111 cm³/mol. The van der Waals surface area contributed by atoms with Crippen molar-refractivity contribution in [2.75, 3.05) is 0 Å². The fraction of sp³-hybridized carbons (Fsp3) is 0.542. The van der Waals surface area contributed by atoms with Crippen LogP contribution in [0.1, 0.15) is 88.9 Å². The number of hydrogen-bond donors (Lipinski definition) is 1. The van der Waals surface area contributed by atoms with Crippen LogP contribution in [0.2, 0.25) is 0 Å². The summed E-state index contributed by atoms with van der Waals surface area (Å²) in [4.78, 5) is 4.63. The quantitative estimate of drug-likeness (QED) is 0.422. The molecule has 1 heterocycles. The van der Waals surface area contributed by atoms with Crippen LogP contribution >= 0.6 is 0 Å². The Morgan fingerprint density at radius 3 is 2.04 bits per heavy atom.